The lowest BCUT2D eigenvalue weighted by Crippen LogP contribution is -2.05. The Morgan fingerprint density at radius 1 is 0.750 bits per heavy atom. The number of nitro groups is 2. The smallest absolute Gasteiger partial charge is 0.390 e. The Balaban J connectivity index is 2.36. The van der Waals surface area contributed by atoms with Crippen molar-refractivity contribution in [3.05, 3.63) is 31.9 Å². The predicted octanol–water partition coefficient (Wildman–Crippen LogP) is 0.310. The molecular weight excluding hydrogens is 224 g/mol. The van der Waals surface area contributed by atoms with Crippen molar-refractivity contribution in [2.45, 2.75) is 0 Å². The van der Waals surface area contributed by atoms with E-state index in [2.05, 4.69) is 30.4 Å². The summed E-state index contributed by atoms with van der Waals surface area (Å²) in [6.45, 7) is 0. The summed E-state index contributed by atoms with van der Waals surface area (Å²) in [4.78, 5) is 25.4. The number of nitrogens with zero attached hydrogens (tertiary/aromatic N) is 8. The topological polar surface area (TPSA) is 160 Å². The van der Waals surface area contributed by atoms with Gasteiger partial charge in [-0.15, -0.1) is 0 Å². The zero-order chi connectivity index (χ0) is 11.7. The summed E-state index contributed by atoms with van der Waals surface area (Å²) in [7, 11) is 0. The van der Waals surface area contributed by atoms with Crippen molar-refractivity contribution in [2.24, 2.45) is 30.4 Å². The first-order valence-electron chi connectivity index (χ1n) is 3.62. The first-order valence-corrected chi connectivity index (χ1v) is 3.62. The van der Waals surface area contributed by atoms with Crippen molar-refractivity contribution in [2.75, 3.05) is 0 Å². The third-order valence-electron chi connectivity index (χ3n) is 1.41. The third-order valence-corrected chi connectivity index (χ3v) is 1.41. The van der Waals surface area contributed by atoms with Gasteiger partial charge in [-0.25, -0.2) is 0 Å². The van der Waals surface area contributed by atoms with Crippen molar-refractivity contribution in [3.63, 3.8) is 0 Å². The molecule has 0 bridgehead atoms. The van der Waals surface area contributed by atoms with Gasteiger partial charge in [0.05, 0.1) is 10.2 Å². The molecule has 2 heterocycles. The first kappa shape index (κ1) is 9.63. The summed E-state index contributed by atoms with van der Waals surface area (Å²) in [6.07, 6.45) is 0. The Hall–Kier alpha value is -2.92. The van der Waals surface area contributed by atoms with E-state index >= 15 is 0 Å². The maximum Gasteiger partial charge on any atom is 0.493 e. The number of aliphatic imine (C=N–C) groups is 2. The minimum absolute atomic E-state index is 0.285. The highest BCUT2D eigenvalue weighted by atomic mass is 16.6. The van der Waals surface area contributed by atoms with E-state index in [1.165, 1.54) is 0 Å². The summed E-state index contributed by atoms with van der Waals surface area (Å²) in [5.41, 5.74) is 0. The van der Waals surface area contributed by atoms with Crippen molar-refractivity contribution in [1.82, 2.24) is 0 Å². The molecule has 0 fully saturated rings. The fourth-order valence-electron chi connectivity index (χ4n) is 0.807. The van der Waals surface area contributed by atoms with Crippen LogP contribution >= 0.6 is 0 Å². The highest BCUT2D eigenvalue weighted by Crippen LogP contribution is 2.21. The normalized spacial score (nSPS) is 22.2. The lowest BCUT2D eigenvalue weighted by atomic mass is 10.7. The molecule has 0 N–H and O–H groups in total. The second-order valence-electron chi connectivity index (χ2n) is 2.39. The molecule has 0 aromatic heterocycles. The lowest BCUT2D eigenvalue weighted by Gasteiger charge is -1.83. The zero-order valence-corrected chi connectivity index (χ0v) is 7.21. The Bertz CT molecular complexity index is 490. The molecule has 16 heavy (non-hydrogen) atoms. The van der Waals surface area contributed by atoms with E-state index < -0.39 is 21.8 Å². The molecule has 0 aliphatic carbocycles. The van der Waals surface area contributed by atoms with Crippen LogP contribution in [0.1, 0.15) is 0 Å². The van der Waals surface area contributed by atoms with Gasteiger partial charge in [0.15, 0.2) is 0 Å². The quantitative estimate of drug-likeness (QED) is 0.427. The average Bonchev–Trinajstić information content (AvgIpc) is 2.86. The van der Waals surface area contributed by atoms with E-state index in [4.69, 9.17) is 0 Å². The Morgan fingerprint density at radius 2 is 1.12 bits per heavy atom. The van der Waals surface area contributed by atoms with Crippen molar-refractivity contribution in [1.29, 1.82) is 0 Å². The summed E-state index contributed by atoms with van der Waals surface area (Å²) in [6, 6.07) is 0. The van der Waals surface area contributed by atoms with E-state index in [-0.39, 0.29) is 11.6 Å². The van der Waals surface area contributed by atoms with Gasteiger partial charge in [0.25, 0.3) is 0 Å². The van der Waals surface area contributed by atoms with E-state index in [1.807, 2.05) is 0 Å². The molecule has 0 atom stereocenters. The molecule has 2 aliphatic rings. The third kappa shape index (κ3) is 1.54. The molecule has 12 heteroatoms. The molecule has 2 aliphatic heterocycles. The summed E-state index contributed by atoms with van der Waals surface area (Å²) < 4.78 is 0. The van der Waals surface area contributed by atoms with E-state index in [0.29, 0.717) is 0 Å². The van der Waals surface area contributed by atoms with Crippen LogP contribution in [-0.4, -0.2) is 21.8 Å². The van der Waals surface area contributed by atoms with Gasteiger partial charge in [-0.2, -0.15) is 0 Å². The van der Waals surface area contributed by atoms with Crippen LogP contribution in [0.4, 0.5) is 0 Å². The monoisotopic (exact) mass is 224 g/mol. The fourth-order valence-corrected chi connectivity index (χ4v) is 0.807. The van der Waals surface area contributed by atoms with Gasteiger partial charge in [0, 0.05) is 0 Å². The summed E-state index contributed by atoms with van der Waals surface area (Å²) >= 11 is 0. The Kier molecular flexibility index (Phi) is 2.01. The molecular formula is C4N8O4. The molecule has 2 rings (SSSR count). The summed E-state index contributed by atoms with van der Waals surface area (Å²) in [5, 5.41) is 33.3. The number of azo groups is 2. The maximum absolute atomic E-state index is 10.2. The van der Waals surface area contributed by atoms with Crippen LogP contribution in [-0.2, 0) is 0 Å². The van der Waals surface area contributed by atoms with Crippen LogP contribution < -0.4 is 0 Å². The van der Waals surface area contributed by atoms with Gasteiger partial charge in [0.1, 0.15) is 0 Å². The van der Waals surface area contributed by atoms with Gasteiger partial charge in [0.2, 0.25) is 0 Å². The van der Waals surface area contributed by atoms with Crippen LogP contribution in [0.3, 0.4) is 0 Å². The molecule has 0 saturated carbocycles. The molecule has 0 aromatic rings. The molecule has 12 nitrogen and oxygen atoms in total. The minimum atomic E-state index is -0.860. The largest absolute Gasteiger partial charge is 0.493 e. The second-order valence-corrected chi connectivity index (χ2v) is 2.39. The number of hydrogen-bond donors (Lipinski definition) is 0. The Morgan fingerprint density at radius 3 is 1.38 bits per heavy atom. The minimum Gasteiger partial charge on any atom is -0.390 e. The number of rotatable bonds is 0. The van der Waals surface area contributed by atoms with Crippen molar-refractivity contribution in [3.8, 4) is 0 Å². The molecule has 0 unspecified atom stereocenters. The Labute approximate surface area is 85.1 Å². The van der Waals surface area contributed by atoms with Gasteiger partial charge in [-0.3, -0.25) is 0 Å². The molecule has 0 aromatic carbocycles. The van der Waals surface area contributed by atoms with E-state index in [1.54, 1.807) is 0 Å². The van der Waals surface area contributed by atoms with E-state index in [9.17, 15) is 20.2 Å². The fraction of sp³-hybridized carbons (Fsp3) is 0. The van der Waals surface area contributed by atoms with Crippen LogP contribution in [0.2, 0.25) is 0 Å². The second kappa shape index (κ2) is 3.34. The van der Waals surface area contributed by atoms with Gasteiger partial charge in [-0.05, 0) is 30.1 Å². The SMILES string of the molecule is O=[N+]([O-])C1=NC(=C2N=NC([N+](=O)[O-])=N2)N=N1. The standard InChI is InChI=1S/C4N8O4/c13-11(14)3-5-1(7-9-3)2-6-4(10-8-2)12(15)16. The molecule has 0 radical (unpaired) electrons. The van der Waals surface area contributed by atoms with Crippen LogP contribution in [0.15, 0.2) is 42.1 Å². The molecule has 0 amide bonds. The zero-order valence-electron chi connectivity index (χ0n) is 7.21. The van der Waals surface area contributed by atoms with E-state index in [0.717, 1.165) is 0 Å². The average molecular weight is 224 g/mol. The first-order chi connectivity index (χ1) is 7.58. The molecule has 0 spiro atoms. The van der Waals surface area contributed by atoms with Gasteiger partial charge in [-0.1, -0.05) is 0 Å². The maximum atomic E-state index is 10.2. The van der Waals surface area contributed by atoms with Crippen molar-refractivity contribution >= 4 is 11.9 Å². The predicted molar refractivity (Wildman–Crippen MR) is 45.6 cm³/mol. The number of guanidine groups is 2. The lowest BCUT2D eigenvalue weighted by molar-refractivity contribution is -0.352. The van der Waals surface area contributed by atoms with Crippen LogP contribution in [0, 0.1) is 20.2 Å². The van der Waals surface area contributed by atoms with Gasteiger partial charge < -0.3 is 20.2 Å². The molecule has 0 saturated heterocycles. The number of hydrogen-bond acceptors (Lipinski definition) is 10. The highest BCUT2D eigenvalue weighted by molar-refractivity contribution is 5.77. The summed E-state index contributed by atoms with van der Waals surface area (Å²) in [5.74, 6) is -2.04. The van der Waals surface area contributed by atoms with Crippen LogP contribution in [0.25, 0.3) is 0 Å². The molecule has 80 valence electrons. The van der Waals surface area contributed by atoms with Crippen molar-refractivity contribution < 1.29 is 9.85 Å². The highest BCUT2D eigenvalue weighted by Gasteiger charge is 2.32. The van der Waals surface area contributed by atoms with Crippen LogP contribution in [0.5, 0.6) is 0 Å². The van der Waals surface area contributed by atoms with Gasteiger partial charge >= 0.3 is 23.6 Å².